The van der Waals surface area contributed by atoms with Gasteiger partial charge in [0, 0.05) is 46.2 Å². The number of rotatable bonds is 6. The number of amides is 2. The first-order chi connectivity index (χ1) is 12.6. The quantitative estimate of drug-likeness (QED) is 0.771. The van der Waals surface area contributed by atoms with Crippen molar-refractivity contribution in [3.05, 3.63) is 47.6 Å². The Morgan fingerprint density at radius 1 is 1.41 bits per heavy atom. The van der Waals surface area contributed by atoms with Crippen molar-refractivity contribution < 1.29 is 9.32 Å². The van der Waals surface area contributed by atoms with Crippen LogP contribution in [0.15, 0.2) is 34.9 Å². The van der Waals surface area contributed by atoms with Gasteiger partial charge in [0.05, 0.1) is 6.04 Å². The maximum atomic E-state index is 12.2. The lowest BCUT2D eigenvalue weighted by atomic mass is 10.2. The molecule has 1 saturated heterocycles. The molecule has 2 amide bonds. The molecule has 2 N–H and O–H groups in total. The SMILES string of the molecule is CN(Cc1ccccc1)C(=O)NCCc1nc(C2CNCCN2C)no1.Cl. The van der Waals surface area contributed by atoms with E-state index in [0.29, 0.717) is 31.2 Å². The number of nitrogens with one attached hydrogen (secondary N) is 2. The van der Waals surface area contributed by atoms with Gasteiger partial charge in [-0.05, 0) is 12.6 Å². The summed E-state index contributed by atoms with van der Waals surface area (Å²) in [6.45, 7) is 3.77. The maximum absolute atomic E-state index is 12.2. The summed E-state index contributed by atoms with van der Waals surface area (Å²) in [7, 11) is 3.84. The van der Waals surface area contributed by atoms with Crippen LogP contribution in [0, 0.1) is 0 Å². The highest BCUT2D eigenvalue weighted by molar-refractivity contribution is 5.85. The van der Waals surface area contributed by atoms with Gasteiger partial charge in [-0.3, -0.25) is 4.90 Å². The summed E-state index contributed by atoms with van der Waals surface area (Å²) in [5, 5.41) is 10.3. The zero-order valence-electron chi connectivity index (χ0n) is 15.7. The van der Waals surface area contributed by atoms with Gasteiger partial charge in [0.15, 0.2) is 5.82 Å². The zero-order chi connectivity index (χ0) is 18.4. The van der Waals surface area contributed by atoms with Gasteiger partial charge in [0.2, 0.25) is 5.89 Å². The normalized spacial score (nSPS) is 17.2. The number of piperazine rings is 1. The number of urea groups is 1. The molecular formula is C18H27ClN6O2. The van der Waals surface area contributed by atoms with E-state index in [1.165, 1.54) is 0 Å². The molecule has 9 heteroatoms. The summed E-state index contributed by atoms with van der Waals surface area (Å²) >= 11 is 0. The molecule has 1 unspecified atom stereocenters. The highest BCUT2D eigenvalue weighted by Gasteiger charge is 2.25. The van der Waals surface area contributed by atoms with Crippen LogP contribution >= 0.6 is 12.4 Å². The smallest absolute Gasteiger partial charge is 0.317 e. The van der Waals surface area contributed by atoms with E-state index < -0.39 is 0 Å². The van der Waals surface area contributed by atoms with E-state index in [1.807, 2.05) is 30.3 Å². The number of hydrogen-bond acceptors (Lipinski definition) is 6. The Morgan fingerprint density at radius 3 is 2.93 bits per heavy atom. The summed E-state index contributed by atoms with van der Waals surface area (Å²) in [5.74, 6) is 1.24. The average Bonchev–Trinajstić information content (AvgIpc) is 3.11. The van der Waals surface area contributed by atoms with Crippen molar-refractivity contribution in [1.82, 2.24) is 30.6 Å². The lowest BCUT2D eigenvalue weighted by Crippen LogP contribution is -2.44. The standard InChI is InChI=1S/C18H26N6O2.ClH/c1-23-11-10-19-12-15(23)17-21-16(26-22-17)8-9-20-18(25)24(2)13-14-6-4-3-5-7-14;/h3-7,15,19H,8-13H2,1-2H3,(H,20,25);1H. The monoisotopic (exact) mass is 394 g/mol. The third-order valence-corrected chi connectivity index (χ3v) is 4.52. The second-order valence-corrected chi connectivity index (χ2v) is 6.57. The van der Waals surface area contributed by atoms with Crippen molar-refractivity contribution in [1.29, 1.82) is 0 Å². The Labute approximate surface area is 165 Å². The molecule has 8 nitrogen and oxygen atoms in total. The maximum Gasteiger partial charge on any atom is 0.317 e. The number of carbonyl (C=O) groups is 1. The Balaban J connectivity index is 0.00000261. The Hall–Kier alpha value is -2.16. The summed E-state index contributed by atoms with van der Waals surface area (Å²) in [5.41, 5.74) is 1.09. The van der Waals surface area contributed by atoms with Crippen LogP contribution in [0.1, 0.15) is 23.3 Å². The summed E-state index contributed by atoms with van der Waals surface area (Å²) in [6.07, 6.45) is 0.516. The second-order valence-electron chi connectivity index (χ2n) is 6.57. The fourth-order valence-electron chi connectivity index (χ4n) is 2.94. The van der Waals surface area contributed by atoms with Gasteiger partial charge in [-0.15, -0.1) is 12.4 Å². The zero-order valence-corrected chi connectivity index (χ0v) is 16.5. The molecule has 1 aromatic heterocycles. The number of aromatic nitrogens is 2. The molecule has 0 aliphatic carbocycles. The van der Waals surface area contributed by atoms with E-state index in [9.17, 15) is 4.79 Å². The summed E-state index contributed by atoms with van der Waals surface area (Å²) in [6, 6.07) is 9.91. The van der Waals surface area contributed by atoms with Gasteiger partial charge in [0.1, 0.15) is 0 Å². The van der Waals surface area contributed by atoms with Crippen LogP contribution in [0.5, 0.6) is 0 Å². The van der Waals surface area contributed by atoms with E-state index >= 15 is 0 Å². The van der Waals surface area contributed by atoms with Gasteiger partial charge in [0.25, 0.3) is 0 Å². The molecule has 1 aliphatic heterocycles. The third kappa shape index (κ3) is 5.92. The minimum atomic E-state index is -0.121. The van der Waals surface area contributed by atoms with Gasteiger partial charge >= 0.3 is 6.03 Å². The number of halogens is 1. The van der Waals surface area contributed by atoms with Crippen LogP contribution < -0.4 is 10.6 Å². The van der Waals surface area contributed by atoms with Crippen molar-refractivity contribution in [3.63, 3.8) is 0 Å². The topological polar surface area (TPSA) is 86.5 Å². The Morgan fingerprint density at radius 2 is 2.19 bits per heavy atom. The first kappa shape index (κ1) is 21.1. The molecule has 0 radical (unpaired) electrons. The molecule has 2 heterocycles. The Bertz CT molecular complexity index is 711. The molecule has 1 atom stereocenters. The second kappa shape index (κ2) is 10.2. The first-order valence-electron chi connectivity index (χ1n) is 8.90. The fourth-order valence-corrected chi connectivity index (χ4v) is 2.94. The van der Waals surface area contributed by atoms with E-state index in [1.54, 1.807) is 11.9 Å². The predicted octanol–water partition coefficient (Wildman–Crippen LogP) is 1.45. The van der Waals surface area contributed by atoms with Crippen LogP contribution in [0.2, 0.25) is 0 Å². The lowest BCUT2D eigenvalue weighted by molar-refractivity contribution is 0.190. The molecule has 0 saturated carbocycles. The highest BCUT2D eigenvalue weighted by Crippen LogP contribution is 2.17. The van der Waals surface area contributed by atoms with Crippen LogP contribution in [0.25, 0.3) is 0 Å². The van der Waals surface area contributed by atoms with E-state index in [0.717, 1.165) is 25.2 Å². The van der Waals surface area contributed by atoms with Crippen molar-refractivity contribution in [2.75, 3.05) is 40.3 Å². The molecule has 1 aromatic carbocycles. The first-order valence-corrected chi connectivity index (χ1v) is 8.90. The largest absolute Gasteiger partial charge is 0.339 e. The van der Waals surface area contributed by atoms with Crippen molar-refractivity contribution in [2.24, 2.45) is 0 Å². The van der Waals surface area contributed by atoms with Crippen LogP contribution in [0.3, 0.4) is 0 Å². The van der Waals surface area contributed by atoms with Crippen molar-refractivity contribution in [2.45, 2.75) is 19.0 Å². The van der Waals surface area contributed by atoms with Gasteiger partial charge in [-0.25, -0.2) is 4.79 Å². The predicted molar refractivity (Wildman–Crippen MR) is 105 cm³/mol. The number of hydrogen-bond donors (Lipinski definition) is 2. The molecule has 0 spiro atoms. The molecule has 2 aromatic rings. The third-order valence-electron chi connectivity index (χ3n) is 4.52. The van der Waals surface area contributed by atoms with E-state index in [2.05, 4.69) is 32.7 Å². The molecule has 27 heavy (non-hydrogen) atoms. The molecule has 0 bridgehead atoms. The van der Waals surface area contributed by atoms with Gasteiger partial charge in [-0.2, -0.15) is 4.98 Å². The summed E-state index contributed by atoms with van der Waals surface area (Å²) < 4.78 is 5.32. The lowest BCUT2D eigenvalue weighted by Gasteiger charge is -2.30. The fraction of sp³-hybridized carbons (Fsp3) is 0.500. The van der Waals surface area contributed by atoms with Crippen molar-refractivity contribution >= 4 is 18.4 Å². The minimum absolute atomic E-state index is 0. The molecule has 3 rings (SSSR count). The Kier molecular flexibility index (Phi) is 8.02. The number of carbonyl (C=O) groups excluding carboxylic acids is 1. The number of nitrogens with zero attached hydrogens (tertiary/aromatic N) is 4. The number of benzene rings is 1. The van der Waals surface area contributed by atoms with Crippen molar-refractivity contribution in [3.8, 4) is 0 Å². The molecular weight excluding hydrogens is 368 g/mol. The van der Waals surface area contributed by atoms with Crippen LogP contribution in [-0.4, -0.2) is 66.2 Å². The molecule has 148 valence electrons. The van der Waals surface area contributed by atoms with Crippen LogP contribution in [0.4, 0.5) is 4.79 Å². The van der Waals surface area contributed by atoms with Crippen LogP contribution in [-0.2, 0) is 13.0 Å². The van der Waals surface area contributed by atoms with E-state index in [-0.39, 0.29) is 24.5 Å². The highest BCUT2D eigenvalue weighted by atomic mass is 35.5. The van der Waals surface area contributed by atoms with Gasteiger partial charge < -0.3 is 20.1 Å². The summed E-state index contributed by atoms with van der Waals surface area (Å²) in [4.78, 5) is 20.5. The minimum Gasteiger partial charge on any atom is -0.339 e. The number of likely N-dealkylation sites (N-methyl/N-ethyl adjacent to an activating group) is 1. The molecule has 1 fully saturated rings. The van der Waals surface area contributed by atoms with Gasteiger partial charge in [-0.1, -0.05) is 35.5 Å². The van der Waals surface area contributed by atoms with E-state index in [4.69, 9.17) is 4.52 Å². The molecule has 1 aliphatic rings. The average molecular weight is 395 g/mol.